The molecule has 0 aliphatic carbocycles. The molecule has 3 heterocycles. The molecule has 64 valence electrons. The van der Waals surface area contributed by atoms with Gasteiger partial charge in [-0.15, -0.1) is 0 Å². The third-order valence-electron chi connectivity index (χ3n) is 1.63. The van der Waals surface area contributed by atoms with Crippen LogP contribution < -0.4 is 0 Å². The molecule has 3 rings (SSSR count). The van der Waals surface area contributed by atoms with Crippen LogP contribution in [-0.4, -0.2) is 4.98 Å². The van der Waals surface area contributed by atoms with Crippen LogP contribution >= 0.6 is 0 Å². The standard InChI is InChI=1S/C6H4O.C5H5N/c1-2-6-4-3-5(1)7-6;1-2-4-6-5-3-1/h1-4H;1-5H. The molecule has 0 N–H and O–H groups in total. The fourth-order valence-electron chi connectivity index (χ4n) is 1.02. The summed E-state index contributed by atoms with van der Waals surface area (Å²) in [6.45, 7) is 0. The van der Waals surface area contributed by atoms with E-state index in [-0.39, 0.29) is 0 Å². The Kier molecular flexibility index (Phi) is 2.23. The third kappa shape index (κ3) is 2.06. The van der Waals surface area contributed by atoms with E-state index in [1.807, 2.05) is 42.5 Å². The van der Waals surface area contributed by atoms with Crippen molar-refractivity contribution in [3.8, 4) is 0 Å². The van der Waals surface area contributed by atoms with Gasteiger partial charge in [-0.05, 0) is 36.4 Å². The van der Waals surface area contributed by atoms with Crippen molar-refractivity contribution in [1.82, 2.24) is 4.98 Å². The molecule has 0 saturated carbocycles. The summed E-state index contributed by atoms with van der Waals surface area (Å²) >= 11 is 0. The van der Waals surface area contributed by atoms with Crippen molar-refractivity contribution in [1.29, 1.82) is 0 Å². The lowest BCUT2D eigenvalue weighted by molar-refractivity contribution is 0.675. The first-order chi connectivity index (χ1) is 6.45. The lowest BCUT2D eigenvalue weighted by Crippen LogP contribution is -1.58. The van der Waals surface area contributed by atoms with Crippen molar-refractivity contribution in [2.24, 2.45) is 0 Å². The van der Waals surface area contributed by atoms with Crippen LogP contribution in [0.2, 0.25) is 0 Å². The zero-order valence-corrected chi connectivity index (χ0v) is 7.05. The lowest BCUT2D eigenvalue weighted by Gasteiger charge is -1.70. The number of rotatable bonds is 0. The first kappa shape index (κ1) is 7.80. The van der Waals surface area contributed by atoms with Crippen molar-refractivity contribution in [3.05, 3.63) is 54.9 Å². The average Bonchev–Trinajstić information content (AvgIpc) is 2.85. The largest absolute Gasteiger partial charge is 0.457 e. The number of furan rings is 2. The van der Waals surface area contributed by atoms with Gasteiger partial charge in [0.1, 0.15) is 11.2 Å². The van der Waals surface area contributed by atoms with Gasteiger partial charge < -0.3 is 4.42 Å². The van der Waals surface area contributed by atoms with Crippen molar-refractivity contribution in [2.75, 3.05) is 0 Å². The van der Waals surface area contributed by atoms with Crippen LogP contribution in [0.3, 0.4) is 0 Å². The smallest absolute Gasteiger partial charge is 0.127 e. The summed E-state index contributed by atoms with van der Waals surface area (Å²) in [7, 11) is 0. The van der Waals surface area contributed by atoms with Gasteiger partial charge in [0.2, 0.25) is 0 Å². The fraction of sp³-hybridized carbons (Fsp3) is 0. The highest BCUT2D eigenvalue weighted by Gasteiger charge is 1.91. The van der Waals surface area contributed by atoms with Crippen LogP contribution in [-0.2, 0) is 0 Å². The molecule has 0 atom stereocenters. The molecular weight excluding hydrogens is 162 g/mol. The number of benzene rings is 1. The van der Waals surface area contributed by atoms with Gasteiger partial charge in [-0.3, -0.25) is 4.98 Å². The summed E-state index contributed by atoms with van der Waals surface area (Å²) in [5.74, 6) is 0. The Balaban J connectivity index is 0.000000102. The lowest BCUT2D eigenvalue weighted by atomic mass is 10.4. The van der Waals surface area contributed by atoms with Crippen molar-refractivity contribution in [2.45, 2.75) is 0 Å². The minimum Gasteiger partial charge on any atom is -0.457 e. The van der Waals surface area contributed by atoms with E-state index in [4.69, 9.17) is 4.42 Å². The number of hydrogen-bond donors (Lipinski definition) is 0. The van der Waals surface area contributed by atoms with Crippen molar-refractivity contribution >= 4 is 11.2 Å². The Hall–Kier alpha value is -1.83. The Morgan fingerprint density at radius 3 is 1.46 bits per heavy atom. The Morgan fingerprint density at radius 2 is 1.31 bits per heavy atom. The van der Waals surface area contributed by atoms with Crippen LogP contribution in [0.4, 0.5) is 0 Å². The summed E-state index contributed by atoms with van der Waals surface area (Å²) in [5, 5.41) is 0. The predicted octanol–water partition coefficient (Wildman–Crippen LogP) is 2.95. The van der Waals surface area contributed by atoms with E-state index in [0.29, 0.717) is 0 Å². The van der Waals surface area contributed by atoms with Gasteiger partial charge in [0.25, 0.3) is 0 Å². The first-order valence-corrected chi connectivity index (χ1v) is 4.08. The van der Waals surface area contributed by atoms with E-state index < -0.39 is 0 Å². The van der Waals surface area contributed by atoms with Crippen LogP contribution in [0.5, 0.6) is 0 Å². The van der Waals surface area contributed by atoms with E-state index in [0.717, 1.165) is 11.2 Å². The van der Waals surface area contributed by atoms with Gasteiger partial charge in [-0.25, -0.2) is 0 Å². The molecule has 0 aliphatic heterocycles. The highest BCUT2D eigenvalue weighted by atomic mass is 16.3. The van der Waals surface area contributed by atoms with E-state index in [9.17, 15) is 0 Å². The molecule has 0 amide bonds. The summed E-state index contributed by atoms with van der Waals surface area (Å²) in [5.41, 5.74) is 1.94. The number of pyridine rings is 1. The van der Waals surface area contributed by atoms with Crippen LogP contribution in [0.15, 0.2) is 59.3 Å². The van der Waals surface area contributed by atoms with Crippen molar-refractivity contribution < 1.29 is 4.42 Å². The maximum Gasteiger partial charge on any atom is 0.127 e. The molecule has 2 bridgehead atoms. The normalized spacial score (nSPS) is 9.54. The highest BCUT2D eigenvalue weighted by molar-refractivity contribution is 5.59. The van der Waals surface area contributed by atoms with Gasteiger partial charge >= 0.3 is 0 Å². The minimum absolute atomic E-state index is 0.968. The predicted molar refractivity (Wildman–Crippen MR) is 51.6 cm³/mol. The molecule has 3 aromatic heterocycles. The van der Waals surface area contributed by atoms with E-state index in [2.05, 4.69) is 4.98 Å². The third-order valence-corrected chi connectivity index (χ3v) is 1.63. The molecule has 13 heavy (non-hydrogen) atoms. The molecule has 2 nitrogen and oxygen atoms in total. The highest BCUT2D eigenvalue weighted by Crippen LogP contribution is 2.13. The topological polar surface area (TPSA) is 26.0 Å². The average molecular weight is 171 g/mol. The number of aromatic nitrogens is 1. The first-order valence-electron chi connectivity index (χ1n) is 4.08. The number of hydrogen-bond acceptors (Lipinski definition) is 2. The SMILES string of the molecule is c1cc2ccc1o2.c1ccncc1. The second-order valence-corrected chi connectivity index (χ2v) is 2.60. The summed E-state index contributed by atoms with van der Waals surface area (Å²) in [6, 6.07) is 13.5. The van der Waals surface area contributed by atoms with E-state index in [1.54, 1.807) is 12.4 Å². The van der Waals surface area contributed by atoms with Gasteiger partial charge in [0.15, 0.2) is 0 Å². The molecular formula is C11H9NO. The van der Waals surface area contributed by atoms with E-state index >= 15 is 0 Å². The number of nitrogens with zero attached hydrogens (tertiary/aromatic N) is 1. The summed E-state index contributed by atoms with van der Waals surface area (Å²) < 4.78 is 5.08. The minimum atomic E-state index is 0.968. The quantitative estimate of drug-likeness (QED) is 0.519. The molecule has 3 aromatic rings. The van der Waals surface area contributed by atoms with Crippen LogP contribution in [0.1, 0.15) is 0 Å². The van der Waals surface area contributed by atoms with Gasteiger partial charge in [-0.1, -0.05) is 6.07 Å². The zero-order chi connectivity index (χ0) is 8.93. The van der Waals surface area contributed by atoms with Crippen LogP contribution in [0, 0.1) is 0 Å². The Morgan fingerprint density at radius 1 is 0.769 bits per heavy atom. The van der Waals surface area contributed by atoms with E-state index in [1.165, 1.54) is 0 Å². The Labute approximate surface area is 76.2 Å². The van der Waals surface area contributed by atoms with Crippen molar-refractivity contribution in [3.63, 3.8) is 0 Å². The molecule has 0 aliphatic rings. The molecule has 0 fully saturated rings. The monoisotopic (exact) mass is 171 g/mol. The van der Waals surface area contributed by atoms with Gasteiger partial charge in [-0.2, -0.15) is 0 Å². The zero-order valence-electron chi connectivity index (χ0n) is 7.05. The second-order valence-electron chi connectivity index (χ2n) is 2.60. The van der Waals surface area contributed by atoms with Gasteiger partial charge in [0.05, 0.1) is 0 Å². The molecule has 2 heteroatoms. The van der Waals surface area contributed by atoms with Gasteiger partial charge in [0, 0.05) is 12.4 Å². The molecule has 0 aromatic carbocycles. The molecule has 0 spiro atoms. The molecule has 0 unspecified atom stereocenters. The second kappa shape index (κ2) is 3.72. The Bertz CT molecular complexity index is 361. The maximum atomic E-state index is 5.08. The summed E-state index contributed by atoms with van der Waals surface area (Å²) in [4.78, 5) is 3.78. The maximum absolute atomic E-state index is 5.08. The number of fused-ring (bicyclic) bond motifs is 2. The molecule has 0 saturated heterocycles. The summed E-state index contributed by atoms with van der Waals surface area (Å²) in [6.07, 6.45) is 3.50. The molecule has 0 radical (unpaired) electrons. The fourth-order valence-corrected chi connectivity index (χ4v) is 1.02. The van der Waals surface area contributed by atoms with Crippen LogP contribution in [0.25, 0.3) is 11.2 Å².